The molecule has 1 atom stereocenters. The quantitative estimate of drug-likeness (QED) is 0.613. The predicted octanol–water partition coefficient (Wildman–Crippen LogP) is 2.88. The number of nitriles is 1. The van der Waals surface area contributed by atoms with Crippen LogP contribution in [-0.4, -0.2) is 24.5 Å². The largest absolute Gasteiger partial charge is 0.493 e. The highest BCUT2D eigenvalue weighted by atomic mass is 16.5. The molecule has 2 rings (SSSR count). The van der Waals surface area contributed by atoms with Crippen molar-refractivity contribution in [3.8, 4) is 11.8 Å². The van der Waals surface area contributed by atoms with Gasteiger partial charge in [-0.1, -0.05) is 42.5 Å². The van der Waals surface area contributed by atoms with Gasteiger partial charge in [0, 0.05) is 18.7 Å². The fourth-order valence-corrected chi connectivity index (χ4v) is 2.37. The summed E-state index contributed by atoms with van der Waals surface area (Å²) in [6.07, 6.45) is 3.44. The summed E-state index contributed by atoms with van der Waals surface area (Å²) < 4.78 is 5.50. The summed E-state index contributed by atoms with van der Waals surface area (Å²) in [6.45, 7) is 3.55. The maximum atomic E-state index is 12.5. The minimum Gasteiger partial charge on any atom is -0.493 e. The van der Waals surface area contributed by atoms with E-state index in [0.29, 0.717) is 18.0 Å². The number of nitrogens with one attached hydrogen (secondary N) is 3. The summed E-state index contributed by atoms with van der Waals surface area (Å²) in [5.74, 6) is -0.337. The Morgan fingerprint density at radius 3 is 2.61 bits per heavy atom. The zero-order valence-corrected chi connectivity index (χ0v) is 15.7. The Bertz CT molecular complexity index is 888. The molecular formula is C21H22N4O3. The van der Waals surface area contributed by atoms with Crippen LogP contribution >= 0.6 is 0 Å². The minimum absolute atomic E-state index is 0.219. The van der Waals surface area contributed by atoms with Crippen LogP contribution in [0, 0.1) is 11.3 Å². The number of benzene rings is 2. The monoisotopic (exact) mass is 378 g/mol. The van der Waals surface area contributed by atoms with E-state index in [-0.39, 0.29) is 11.5 Å². The van der Waals surface area contributed by atoms with Gasteiger partial charge in [-0.3, -0.25) is 15.0 Å². The van der Waals surface area contributed by atoms with Gasteiger partial charge in [0.25, 0.3) is 5.91 Å². The van der Waals surface area contributed by atoms with Gasteiger partial charge in [0.15, 0.2) is 0 Å². The number of hydrogen-bond donors (Lipinski definition) is 3. The molecular weight excluding hydrogens is 356 g/mol. The second-order valence-electron chi connectivity index (χ2n) is 5.80. The molecule has 0 saturated carbocycles. The maximum absolute atomic E-state index is 12.5. The summed E-state index contributed by atoms with van der Waals surface area (Å²) in [4.78, 5) is 23.7. The van der Waals surface area contributed by atoms with Crippen LogP contribution in [0.5, 0.6) is 5.75 Å². The van der Waals surface area contributed by atoms with E-state index in [9.17, 15) is 14.9 Å². The number of nitrogens with zero attached hydrogens (tertiary/aromatic N) is 1. The van der Waals surface area contributed by atoms with Crippen LogP contribution in [0.1, 0.15) is 29.8 Å². The zero-order chi connectivity index (χ0) is 20.4. The first-order valence-corrected chi connectivity index (χ1v) is 8.76. The van der Waals surface area contributed by atoms with E-state index in [2.05, 4.69) is 22.2 Å². The Labute approximate surface area is 164 Å². The van der Waals surface area contributed by atoms with Crippen LogP contribution in [-0.2, 0) is 4.79 Å². The van der Waals surface area contributed by atoms with Crippen molar-refractivity contribution in [2.24, 2.45) is 0 Å². The van der Waals surface area contributed by atoms with Crippen molar-refractivity contribution in [2.45, 2.75) is 19.9 Å². The molecule has 7 heteroatoms. The first-order chi connectivity index (χ1) is 13.5. The van der Waals surface area contributed by atoms with E-state index in [4.69, 9.17) is 4.74 Å². The van der Waals surface area contributed by atoms with Crippen molar-refractivity contribution in [3.05, 3.63) is 65.7 Å². The Morgan fingerprint density at radius 1 is 1.21 bits per heavy atom. The molecule has 2 amide bonds. The van der Waals surface area contributed by atoms with Crippen LogP contribution in [0.15, 0.2) is 54.6 Å². The van der Waals surface area contributed by atoms with E-state index < -0.39 is 11.9 Å². The van der Waals surface area contributed by atoms with Crippen molar-refractivity contribution in [1.29, 1.82) is 5.26 Å². The average Bonchev–Trinajstić information content (AvgIpc) is 2.68. The van der Waals surface area contributed by atoms with E-state index in [0.717, 1.165) is 5.56 Å². The number of amides is 2. The first-order valence-electron chi connectivity index (χ1n) is 8.76. The predicted molar refractivity (Wildman–Crippen MR) is 107 cm³/mol. The standard InChI is InChI=1S/C21H22N4O3/c1-3-28-20-13-17(23-15(2)26)11-12-19(20)21(27)25-24-18(14-22)10-9-16-7-5-4-6-8-16/h4-13,18,24H,3H2,1-2H3,(H,23,26)(H,25,27). The molecule has 0 bridgehead atoms. The van der Waals surface area contributed by atoms with Gasteiger partial charge in [0.05, 0.1) is 18.2 Å². The zero-order valence-electron chi connectivity index (χ0n) is 15.7. The van der Waals surface area contributed by atoms with Crippen LogP contribution in [0.4, 0.5) is 5.69 Å². The first kappa shape index (κ1) is 20.7. The van der Waals surface area contributed by atoms with Crippen LogP contribution < -0.4 is 20.9 Å². The lowest BCUT2D eigenvalue weighted by molar-refractivity contribution is -0.114. The molecule has 0 fully saturated rings. The van der Waals surface area contributed by atoms with Gasteiger partial charge < -0.3 is 10.1 Å². The molecule has 0 heterocycles. The maximum Gasteiger partial charge on any atom is 0.269 e. The molecule has 0 aliphatic heterocycles. The molecule has 7 nitrogen and oxygen atoms in total. The molecule has 0 saturated heterocycles. The summed E-state index contributed by atoms with van der Waals surface area (Å²) in [7, 11) is 0. The number of carbonyl (C=O) groups is 2. The Kier molecular flexibility index (Phi) is 7.76. The molecule has 144 valence electrons. The van der Waals surface area contributed by atoms with Gasteiger partial charge in [-0.15, -0.1) is 0 Å². The fraction of sp³-hybridized carbons (Fsp3) is 0.190. The van der Waals surface area contributed by atoms with Gasteiger partial charge in [-0.05, 0) is 24.6 Å². The molecule has 0 spiro atoms. The third-order valence-electron chi connectivity index (χ3n) is 3.61. The Balaban J connectivity index is 2.05. The number of carbonyl (C=O) groups excluding carboxylic acids is 2. The van der Waals surface area contributed by atoms with Gasteiger partial charge in [-0.25, -0.2) is 5.43 Å². The molecule has 0 aliphatic rings. The summed E-state index contributed by atoms with van der Waals surface area (Å²) in [5, 5.41) is 11.9. The molecule has 0 aromatic heterocycles. The van der Waals surface area contributed by atoms with E-state index in [1.165, 1.54) is 6.92 Å². The lowest BCUT2D eigenvalue weighted by atomic mass is 10.1. The van der Waals surface area contributed by atoms with Crippen molar-refractivity contribution < 1.29 is 14.3 Å². The van der Waals surface area contributed by atoms with E-state index in [1.54, 1.807) is 37.3 Å². The normalized spacial score (nSPS) is 11.5. The topological polar surface area (TPSA) is 103 Å². The number of anilines is 1. The molecule has 2 aromatic rings. The molecule has 0 aliphatic carbocycles. The number of hydrazine groups is 1. The fourth-order valence-electron chi connectivity index (χ4n) is 2.37. The Morgan fingerprint density at radius 2 is 1.96 bits per heavy atom. The lowest BCUT2D eigenvalue weighted by Gasteiger charge is -2.14. The van der Waals surface area contributed by atoms with Crippen LogP contribution in [0.3, 0.4) is 0 Å². The van der Waals surface area contributed by atoms with E-state index >= 15 is 0 Å². The second-order valence-corrected chi connectivity index (χ2v) is 5.80. The highest BCUT2D eigenvalue weighted by Gasteiger charge is 2.15. The van der Waals surface area contributed by atoms with E-state index in [1.807, 2.05) is 30.3 Å². The van der Waals surface area contributed by atoms with Gasteiger partial charge in [0.1, 0.15) is 11.8 Å². The summed E-state index contributed by atoms with van der Waals surface area (Å²) >= 11 is 0. The highest BCUT2D eigenvalue weighted by Crippen LogP contribution is 2.23. The van der Waals surface area contributed by atoms with Crippen molar-refractivity contribution in [2.75, 3.05) is 11.9 Å². The SMILES string of the molecule is CCOc1cc(NC(C)=O)ccc1C(=O)NNC(C#N)C=Cc1ccccc1. The minimum atomic E-state index is -0.710. The number of hydrogen-bond acceptors (Lipinski definition) is 5. The summed E-state index contributed by atoms with van der Waals surface area (Å²) in [5.41, 5.74) is 6.96. The Hall–Kier alpha value is -3.63. The molecule has 0 radical (unpaired) electrons. The molecule has 2 aromatic carbocycles. The van der Waals surface area contributed by atoms with Crippen LogP contribution in [0.2, 0.25) is 0 Å². The third kappa shape index (κ3) is 6.27. The summed E-state index contributed by atoms with van der Waals surface area (Å²) in [6, 6.07) is 15.6. The van der Waals surface area contributed by atoms with Crippen molar-refractivity contribution >= 4 is 23.6 Å². The van der Waals surface area contributed by atoms with Crippen LogP contribution in [0.25, 0.3) is 6.08 Å². The lowest BCUT2D eigenvalue weighted by Crippen LogP contribution is -2.43. The molecule has 28 heavy (non-hydrogen) atoms. The number of ether oxygens (including phenoxy) is 1. The third-order valence-corrected chi connectivity index (χ3v) is 3.61. The van der Waals surface area contributed by atoms with Gasteiger partial charge >= 0.3 is 0 Å². The average molecular weight is 378 g/mol. The van der Waals surface area contributed by atoms with Gasteiger partial charge in [-0.2, -0.15) is 5.26 Å². The van der Waals surface area contributed by atoms with Crippen molar-refractivity contribution in [1.82, 2.24) is 10.9 Å². The smallest absolute Gasteiger partial charge is 0.269 e. The molecule has 3 N–H and O–H groups in total. The number of rotatable bonds is 8. The second kappa shape index (κ2) is 10.5. The highest BCUT2D eigenvalue weighted by molar-refractivity contribution is 5.98. The molecule has 1 unspecified atom stereocenters. The van der Waals surface area contributed by atoms with Gasteiger partial charge in [0.2, 0.25) is 5.91 Å². The van der Waals surface area contributed by atoms with Crippen molar-refractivity contribution in [3.63, 3.8) is 0 Å².